The number of nitrogens with one attached hydrogen (secondary N) is 1. The van der Waals surface area contributed by atoms with Gasteiger partial charge in [0.2, 0.25) is 0 Å². The first kappa shape index (κ1) is 6.93. The Kier molecular flexibility index (Phi) is 1.81. The molecule has 0 bridgehead atoms. The maximum atomic E-state index is 7.29. The van der Waals surface area contributed by atoms with Crippen LogP contribution in [0.2, 0.25) is 0 Å². The van der Waals surface area contributed by atoms with Crippen molar-refractivity contribution >= 4 is 5.71 Å². The van der Waals surface area contributed by atoms with E-state index in [1.54, 1.807) is 19.3 Å². The van der Waals surface area contributed by atoms with Gasteiger partial charge in [-0.15, -0.1) is 0 Å². The number of aryl methyl sites for hydroxylation is 1. The molecule has 0 atom stereocenters. The minimum atomic E-state index is 0.566. The Bertz CT molecular complexity index is 253. The van der Waals surface area contributed by atoms with Gasteiger partial charge in [0.1, 0.15) is 0 Å². The zero-order chi connectivity index (χ0) is 7.56. The second-order valence-corrected chi connectivity index (χ2v) is 2.38. The fourth-order valence-corrected chi connectivity index (χ4v) is 0.760. The van der Waals surface area contributed by atoms with E-state index in [0.29, 0.717) is 5.71 Å². The van der Waals surface area contributed by atoms with Crippen molar-refractivity contribution in [3.8, 4) is 0 Å². The van der Waals surface area contributed by atoms with Crippen LogP contribution in [0.4, 0.5) is 0 Å². The molecule has 0 amide bonds. The summed E-state index contributed by atoms with van der Waals surface area (Å²) in [5, 5.41) is 7.29. The lowest BCUT2D eigenvalue weighted by atomic mass is 10.1. The maximum absolute atomic E-state index is 7.29. The third-order valence-electron chi connectivity index (χ3n) is 1.31. The van der Waals surface area contributed by atoms with Crippen LogP contribution in [0.5, 0.6) is 0 Å². The molecule has 0 aliphatic carbocycles. The molecule has 0 aromatic carbocycles. The molecule has 52 valence electrons. The molecule has 0 radical (unpaired) electrons. The summed E-state index contributed by atoms with van der Waals surface area (Å²) < 4.78 is 0. The molecule has 1 N–H and O–H groups in total. The fourth-order valence-electron chi connectivity index (χ4n) is 0.760. The van der Waals surface area contributed by atoms with Gasteiger partial charge in [0, 0.05) is 23.7 Å². The van der Waals surface area contributed by atoms with Crippen molar-refractivity contribution in [3.63, 3.8) is 0 Å². The zero-order valence-electron chi connectivity index (χ0n) is 6.18. The summed E-state index contributed by atoms with van der Waals surface area (Å²) in [6.07, 6.45) is 3.49. The standard InChI is InChI=1S/C8H10N2/c1-6-3-8(7(2)9)5-10-4-6/h3-5,9H,1-2H3. The normalized spacial score (nSPS) is 9.40. The highest BCUT2D eigenvalue weighted by Crippen LogP contribution is 2.00. The molecule has 2 heteroatoms. The predicted octanol–water partition coefficient (Wildman–Crippen LogP) is 1.78. The van der Waals surface area contributed by atoms with Crippen molar-refractivity contribution in [2.45, 2.75) is 13.8 Å². The van der Waals surface area contributed by atoms with Crippen molar-refractivity contribution in [3.05, 3.63) is 29.6 Å². The van der Waals surface area contributed by atoms with Crippen molar-refractivity contribution < 1.29 is 0 Å². The Morgan fingerprint density at radius 2 is 2.20 bits per heavy atom. The highest BCUT2D eigenvalue weighted by molar-refractivity contribution is 5.95. The molecule has 0 saturated heterocycles. The largest absolute Gasteiger partial charge is 0.305 e. The van der Waals surface area contributed by atoms with Gasteiger partial charge in [-0.05, 0) is 25.5 Å². The SMILES string of the molecule is CC(=N)c1cncc(C)c1. The third kappa shape index (κ3) is 1.41. The summed E-state index contributed by atoms with van der Waals surface area (Å²) in [6.45, 7) is 3.73. The number of hydrogen-bond acceptors (Lipinski definition) is 2. The van der Waals surface area contributed by atoms with Crippen LogP contribution in [0, 0.1) is 12.3 Å². The van der Waals surface area contributed by atoms with Crippen LogP contribution in [-0.4, -0.2) is 10.7 Å². The number of pyridine rings is 1. The van der Waals surface area contributed by atoms with Crippen molar-refractivity contribution in [1.82, 2.24) is 4.98 Å². The van der Waals surface area contributed by atoms with Gasteiger partial charge in [0.05, 0.1) is 0 Å². The molecule has 0 fully saturated rings. The molecule has 1 rings (SSSR count). The molecule has 0 spiro atoms. The summed E-state index contributed by atoms with van der Waals surface area (Å²) in [5.74, 6) is 0. The topological polar surface area (TPSA) is 36.7 Å². The second kappa shape index (κ2) is 2.60. The van der Waals surface area contributed by atoms with Crippen LogP contribution in [0.3, 0.4) is 0 Å². The van der Waals surface area contributed by atoms with E-state index in [0.717, 1.165) is 11.1 Å². The zero-order valence-corrected chi connectivity index (χ0v) is 6.18. The molecule has 2 nitrogen and oxygen atoms in total. The number of rotatable bonds is 1. The Balaban J connectivity index is 3.07. The molecule has 0 aliphatic heterocycles. The van der Waals surface area contributed by atoms with E-state index >= 15 is 0 Å². The van der Waals surface area contributed by atoms with Gasteiger partial charge in [-0.1, -0.05) is 0 Å². The summed E-state index contributed by atoms with van der Waals surface area (Å²) in [6, 6.07) is 1.95. The lowest BCUT2D eigenvalue weighted by Gasteiger charge is -1.96. The van der Waals surface area contributed by atoms with E-state index in [4.69, 9.17) is 5.41 Å². The molecule has 0 saturated carbocycles. The number of nitrogens with zero attached hydrogens (tertiary/aromatic N) is 1. The maximum Gasteiger partial charge on any atom is 0.0370 e. The minimum absolute atomic E-state index is 0.566. The first-order chi connectivity index (χ1) is 4.70. The number of hydrogen-bond donors (Lipinski definition) is 1. The molecule has 1 aromatic rings. The Hall–Kier alpha value is -1.18. The number of aromatic nitrogens is 1. The van der Waals surface area contributed by atoms with Crippen molar-refractivity contribution in [1.29, 1.82) is 5.41 Å². The average molecular weight is 134 g/mol. The molecular formula is C8H10N2. The van der Waals surface area contributed by atoms with E-state index in [2.05, 4.69) is 4.98 Å². The van der Waals surface area contributed by atoms with E-state index in [1.165, 1.54) is 0 Å². The van der Waals surface area contributed by atoms with Gasteiger partial charge >= 0.3 is 0 Å². The molecular weight excluding hydrogens is 124 g/mol. The predicted molar refractivity (Wildman–Crippen MR) is 41.5 cm³/mol. The van der Waals surface area contributed by atoms with Gasteiger partial charge in [0.25, 0.3) is 0 Å². The van der Waals surface area contributed by atoms with Crippen LogP contribution < -0.4 is 0 Å². The molecule has 10 heavy (non-hydrogen) atoms. The van der Waals surface area contributed by atoms with Gasteiger partial charge < -0.3 is 5.41 Å². The molecule has 1 heterocycles. The van der Waals surface area contributed by atoms with E-state index in [-0.39, 0.29) is 0 Å². The molecule has 0 aliphatic rings. The fraction of sp³-hybridized carbons (Fsp3) is 0.250. The Labute approximate surface area is 60.4 Å². The second-order valence-electron chi connectivity index (χ2n) is 2.38. The quantitative estimate of drug-likeness (QED) is 0.584. The van der Waals surface area contributed by atoms with Crippen molar-refractivity contribution in [2.24, 2.45) is 0 Å². The molecule has 1 aromatic heterocycles. The van der Waals surface area contributed by atoms with E-state index < -0.39 is 0 Å². The van der Waals surface area contributed by atoms with Crippen LogP contribution in [-0.2, 0) is 0 Å². The first-order valence-corrected chi connectivity index (χ1v) is 3.17. The van der Waals surface area contributed by atoms with Crippen molar-refractivity contribution in [2.75, 3.05) is 0 Å². The molecule has 0 unspecified atom stereocenters. The van der Waals surface area contributed by atoms with Gasteiger partial charge in [-0.2, -0.15) is 0 Å². The van der Waals surface area contributed by atoms with Crippen LogP contribution in [0.15, 0.2) is 18.5 Å². The van der Waals surface area contributed by atoms with Gasteiger partial charge in [-0.25, -0.2) is 0 Å². The third-order valence-corrected chi connectivity index (χ3v) is 1.31. The highest BCUT2D eigenvalue weighted by atomic mass is 14.6. The summed E-state index contributed by atoms with van der Waals surface area (Å²) in [5.41, 5.74) is 2.57. The minimum Gasteiger partial charge on any atom is -0.305 e. The summed E-state index contributed by atoms with van der Waals surface area (Å²) >= 11 is 0. The van der Waals surface area contributed by atoms with Crippen LogP contribution in [0.1, 0.15) is 18.1 Å². The lowest BCUT2D eigenvalue weighted by molar-refractivity contribution is 1.25. The Morgan fingerprint density at radius 3 is 2.60 bits per heavy atom. The van der Waals surface area contributed by atoms with E-state index in [1.807, 2.05) is 13.0 Å². The smallest absolute Gasteiger partial charge is 0.0370 e. The highest BCUT2D eigenvalue weighted by Gasteiger charge is 1.93. The first-order valence-electron chi connectivity index (χ1n) is 3.17. The van der Waals surface area contributed by atoms with Gasteiger partial charge in [0.15, 0.2) is 0 Å². The monoisotopic (exact) mass is 134 g/mol. The van der Waals surface area contributed by atoms with E-state index in [9.17, 15) is 0 Å². The average Bonchev–Trinajstić information content (AvgIpc) is 1.88. The Morgan fingerprint density at radius 1 is 1.50 bits per heavy atom. The summed E-state index contributed by atoms with van der Waals surface area (Å²) in [7, 11) is 0. The van der Waals surface area contributed by atoms with Gasteiger partial charge in [-0.3, -0.25) is 4.98 Å². The van der Waals surface area contributed by atoms with Crippen LogP contribution >= 0.6 is 0 Å². The lowest BCUT2D eigenvalue weighted by Crippen LogP contribution is -1.92. The summed E-state index contributed by atoms with van der Waals surface area (Å²) in [4.78, 5) is 3.96. The van der Waals surface area contributed by atoms with Crippen LogP contribution in [0.25, 0.3) is 0 Å².